The number of nitrogens with zero attached hydrogens (tertiary/aromatic N) is 2. The Balaban J connectivity index is 2.01. The molecular formula is C13H23N3O3. The first kappa shape index (κ1) is 14.4. The van der Waals surface area contributed by atoms with E-state index in [1.165, 1.54) is 0 Å². The lowest BCUT2D eigenvalue weighted by Gasteiger charge is -2.26. The number of hydrogen-bond acceptors (Lipinski definition) is 6. The molecule has 0 aromatic carbocycles. The molecule has 6 nitrogen and oxygen atoms in total. The highest BCUT2D eigenvalue weighted by molar-refractivity contribution is 4.97. The van der Waals surface area contributed by atoms with Gasteiger partial charge in [0.25, 0.3) is 0 Å². The molecule has 0 saturated carbocycles. The molecule has 0 bridgehead atoms. The zero-order chi connectivity index (χ0) is 13.9. The minimum atomic E-state index is -0.166. The first-order chi connectivity index (χ1) is 9.00. The van der Waals surface area contributed by atoms with Crippen molar-refractivity contribution in [2.45, 2.75) is 39.3 Å². The predicted molar refractivity (Wildman–Crippen MR) is 69.8 cm³/mol. The Kier molecular flexibility index (Phi) is 4.54. The first-order valence-electron chi connectivity index (χ1n) is 6.67. The zero-order valence-electron chi connectivity index (χ0n) is 12.1. The molecule has 0 spiro atoms. The second-order valence-electron chi connectivity index (χ2n) is 5.96. The summed E-state index contributed by atoms with van der Waals surface area (Å²) in [4.78, 5) is 4.44. The quantitative estimate of drug-likeness (QED) is 0.889. The minimum Gasteiger partial charge on any atom is -0.378 e. The van der Waals surface area contributed by atoms with E-state index in [1.807, 2.05) is 0 Å². The Morgan fingerprint density at radius 2 is 2.26 bits per heavy atom. The van der Waals surface area contributed by atoms with E-state index in [0.717, 1.165) is 13.2 Å². The molecule has 0 amide bonds. The number of aromatic nitrogens is 2. The molecule has 1 aliphatic rings. The zero-order valence-corrected chi connectivity index (χ0v) is 12.1. The van der Waals surface area contributed by atoms with Gasteiger partial charge >= 0.3 is 0 Å². The largest absolute Gasteiger partial charge is 0.378 e. The van der Waals surface area contributed by atoms with Gasteiger partial charge in [0.15, 0.2) is 0 Å². The van der Waals surface area contributed by atoms with Gasteiger partial charge in [0.2, 0.25) is 11.7 Å². The van der Waals surface area contributed by atoms with Crippen molar-refractivity contribution in [1.29, 1.82) is 0 Å². The van der Waals surface area contributed by atoms with Crippen molar-refractivity contribution < 1.29 is 14.0 Å². The van der Waals surface area contributed by atoms with Crippen LogP contribution in [0.1, 0.15) is 38.6 Å². The van der Waals surface area contributed by atoms with E-state index in [0.29, 0.717) is 24.7 Å². The van der Waals surface area contributed by atoms with Crippen molar-refractivity contribution in [2.24, 2.45) is 5.41 Å². The van der Waals surface area contributed by atoms with Crippen LogP contribution in [0.4, 0.5) is 0 Å². The molecule has 2 unspecified atom stereocenters. The van der Waals surface area contributed by atoms with Gasteiger partial charge in [-0.2, -0.15) is 4.98 Å². The van der Waals surface area contributed by atoms with Crippen molar-refractivity contribution in [1.82, 2.24) is 15.5 Å². The molecule has 108 valence electrons. The van der Waals surface area contributed by atoms with Gasteiger partial charge in [0.1, 0.15) is 6.10 Å². The van der Waals surface area contributed by atoms with Crippen LogP contribution in [0.15, 0.2) is 4.52 Å². The van der Waals surface area contributed by atoms with Crippen molar-refractivity contribution in [3.8, 4) is 0 Å². The Hall–Kier alpha value is -0.980. The molecule has 1 N–H and O–H groups in total. The Morgan fingerprint density at radius 3 is 2.84 bits per heavy atom. The average molecular weight is 269 g/mol. The standard InChI is InChI=1S/C13H23N3O3/c1-13(2,3)11(17-4)12-15-10(19-16-12)7-9-8-18-6-5-14-9/h9,11,14H,5-8H2,1-4H3. The van der Waals surface area contributed by atoms with Crippen LogP contribution >= 0.6 is 0 Å². The van der Waals surface area contributed by atoms with Crippen LogP contribution in [0, 0.1) is 5.41 Å². The number of morpholine rings is 1. The van der Waals surface area contributed by atoms with Gasteiger partial charge < -0.3 is 19.3 Å². The maximum absolute atomic E-state index is 5.48. The predicted octanol–water partition coefficient (Wildman–Crippen LogP) is 1.33. The van der Waals surface area contributed by atoms with E-state index in [1.54, 1.807) is 7.11 Å². The highest BCUT2D eigenvalue weighted by Crippen LogP contribution is 2.33. The molecule has 1 aromatic heterocycles. The SMILES string of the molecule is COC(c1noc(CC2COCCN2)n1)C(C)(C)C. The van der Waals surface area contributed by atoms with E-state index >= 15 is 0 Å². The third-order valence-corrected chi connectivity index (χ3v) is 3.16. The lowest BCUT2D eigenvalue weighted by molar-refractivity contribution is 0.00718. The molecule has 0 radical (unpaired) electrons. The van der Waals surface area contributed by atoms with E-state index in [4.69, 9.17) is 14.0 Å². The van der Waals surface area contributed by atoms with Crippen LogP contribution in [0.2, 0.25) is 0 Å². The van der Waals surface area contributed by atoms with Gasteiger partial charge in [-0.05, 0) is 5.41 Å². The van der Waals surface area contributed by atoms with E-state index < -0.39 is 0 Å². The molecule has 1 aromatic rings. The highest BCUT2D eigenvalue weighted by atomic mass is 16.5. The second-order valence-corrected chi connectivity index (χ2v) is 5.96. The smallest absolute Gasteiger partial charge is 0.228 e. The Labute approximate surface area is 113 Å². The van der Waals surface area contributed by atoms with Crippen LogP contribution in [0.3, 0.4) is 0 Å². The first-order valence-corrected chi connectivity index (χ1v) is 6.67. The summed E-state index contributed by atoms with van der Waals surface area (Å²) < 4.78 is 16.2. The van der Waals surface area contributed by atoms with Crippen molar-refractivity contribution in [3.05, 3.63) is 11.7 Å². The van der Waals surface area contributed by atoms with Crippen LogP contribution in [-0.2, 0) is 15.9 Å². The van der Waals surface area contributed by atoms with Crippen molar-refractivity contribution in [3.63, 3.8) is 0 Å². The Bertz CT molecular complexity index is 394. The van der Waals surface area contributed by atoms with E-state index in [2.05, 4.69) is 36.2 Å². The summed E-state index contributed by atoms with van der Waals surface area (Å²) in [5, 5.41) is 7.41. The summed E-state index contributed by atoms with van der Waals surface area (Å²) in [5.74, 6) is 1.24. The molecule has 6 heteroatoms. The Morgan fingerprint density at radius 1 is 1.47 bits per heavy atom. The fourth-order valence-electron chi connectivity index (χ4n) is 2.27. The van der Waals surface area contributed by atoms with Gasteiger partial charge in [-0.3, -0.25) is 0 Å². The average Bonchev–Trinajstić information content (AvgIpc) is 2.77. The van der Waals surface area contributed by atoms with Crippen LogP contribution in [0.5, 0.6) is 0 Å². The third-order valence-electron chi connectivity index (χ3n) is 3.16. The monoisotopic (exact) mass is 269 g/mol. The maximum Gasteiger partial charge on any atom is 0.228 e. The molecule has 2 atom stereocenters. The molecule has 0 aliphatic carbocycles. The van der Waals surface area contributed by atoms with Gasteiger partial charge in [-0.25, -0.2) is 0 Å². The maximum atomic E-state index is 5.48. The lowest BCUT2D eigenvalue weighted by atomic mass is 9.88. The van der Waals surface area contributed by atoms with Gasteiger partial charge in [0.05, 0.1) is 13.2 Å². The summed E-state index contributed by atoms with van der Waals surface area (Å²) in [6.45, 7) is 8.59. The fourth-order valence-corrected chi connectivity index (χ4v) is 2.27. The topological polar surface area (TPSA) is 69.4 Å². The molecule has 1 saturated heterocycles. The summed E-state index contributed by atoms with van der Waals surface area (Å²) in [6.07, 6.45) is 0.522. The normalized spacial score (nSPS) is 22.4. The molecule has 2 heterocycles. The summed E-state index contributed by atoms with van der Waals surface area (Å²) in [5.41, 5.74) is -0.0674. The van der Waals surface area contributed by atoms with E-state index in [-0.39, 0.29) is 17.6 Å². The van der Waals surface area contributed by atoms with Crippen LogP contribution in [0.25, 0.3) is 0 Å². The van der Waals surface area contributed by atoms with Crippen molar-refractivity contribution >= 4 is 0 Å². The van der Waals surface area contributed by atoms with Crippen LogP contribution < -0.4 is 5.32 Å². The molecule has 19 heavy (non-hydrogen) atoms. The summed E-state index contributed by atoms with van der Waals surface area (Å²) in [7, 11) is 1.67. The molecule has 1 fully saturated rings. The number of ether oxygens (including phenoxy) is 2. The molecular weight excluding hydrogens is 246 g/mol. The van der Waals surface area contributed by atoms with Gasteiger partial charge in [-0.1, -0.05) is 25.9 Å². The van der Waals surface area contributed by atoms with E-state index in [9.17, 15) is 0 Å². The summed E-state index contributed by atoms with van der Waals surface area (Å²) in [6, 6.07) is 0.248. The molecule has 1 aliphatic heterocycles. The number of hydrogen-bond donors (Lipinski definition) is 1. The lowest BCUT2D eigenvalue weighted by Crippen LogP contribution is -2.42. The third kappa shape index (κ3) is 3.75. The number of rotatable bonds is 4. The second kappa shape index (κ2) is 5.98. The van der Waals surface area contributed by atoms with Gasteiger partial charge in [-0.15, -0.1) is 0 Å². The fraction of sp³-hybridized carbons (Fsp3) is 0.846. The van der Waals surface area contributed by atoms with Crippen LogP contribution in [-0.4, -0.2) is 43.1 Å². The molecule has 2 rings (SSSR count). The van der Waals surface area contributed by atoms with Gasteiger partial charge in [0, 0.05) is 26.1 Å². The number of nitrogens with one attached hydrogen (secondary N) is 1. The highest BCUT2D eigenvalue weighted by Gasteiger charge is 2.31. The minimum absolute atomic E-state index is 0.0674. The summed E-state index contributed by atoms with van der Waals surface area (Å²) >= 11 is 0. The van der Waals surface area contributed by atoms with Crippen molar-refractivity contribution in [2.75, 3.05) is 26.9 Å². The number of methoxy groups -OCH3 is 1.